The lowest BCUT2D eigenvalue weighted by Gasteiger charge is -2.35. The number of aliphatic imine (C=N–C) groups is 1. The molecule has 0 saturated heterocycles. The van der Waals surface area contributed by atoms with E-state index in [9.17, 15) is 13.2 Å². The Balaban J connectivity index is 1.87. The fourth-order valence-corrected chi connectivity index (χ4v) is 3.44. The van der Waals surface area contributed by atoms with Crippen molar-refractivity contribution >= 4 is 27.8 Å². The zero-order valence-electron chi connectivity index (χ0n) is 12.2. The predicted octanol–water partition coefficient (Wildman–Crippen LogP) is 4.94. The van der Waals surface area contributed by atoms with Crippen molar-refractivity contribution in [3.63, 3.8) is 0 Å². The second-order valence-corrected chi connectivity index (χ2v) is 6.66. The minimum absolute atomic E-state index is 0.0155. The molecule has 2 aliphatic heterocycles. The van der Waals surface area contributed by atoms with Crippen molar-refractivity contribution < 1.29 is 22.6 Å². The summed E-state index contributed by atoms with van der Waals surface area (Å²) in [7, 11) is 0. The van der Waals surface area contributed by atoms with Crippen molar-refractivity contribution in [2.24, 2.45) is 4.99 Å². The zero-order chi connectivity index (χ0) is 16.9. The maximum atomic E-state index is 14.1. The van der Waals surface area contributed by atoms with Gasteiger partial charge in [-0.15, -0.1) is 0 Å². The largest absolute Gasteiger partial charge is 0.454 e. The highest BCUT2D eigenvalue weighted by molar-refractivity contribution is 9.10. The molecule has 124 valence electrons. The lowest BCUT2D eigenvalue weighted by molar-refractivity contribution is -0.168. The van der Waals surface area contributed by atoms with Gasteiger partial charge < -0.3 is 9.47 Å². The maximum Gasteiger partial charge on any atom is 0.403 e. The van der Waals surface area contributed by atoms with Crippen LogP contribution in [0.1, 0.15) is 11.1 Å². The summed E-state index contributed by atoms with van der Waals surface area (Å²) in [6, 6.07) is 9.47. The highest BCUT2D eigenvalue weighted by Gasteiger charge is 2.56. The van der Waals surface area contributed by atoms with Crippen molar-refractivity contribution in [1.29, 1.82) is 0 Å². The summed E-state index contributed by atoms with van der Waals surface area (Å²) in [6.07, 6.45) is -3.71. The SMILES string of the molecule is FC(F)(F)[C@]1(c2ccc3c(c2)OCO3)C=Nc2ccc(Br)cc2C1. The lowest BCUT2D eigenvalue weighted by Crippen LogP contribution is -2.47. The molecule has 0 unspecified atom stereocenters. The second-order valence-electron chi connectivity index (χ2n) is 5.75. The molecule has 0 spiro atoms. The van der Waals surface area contributed by atoms with E-state index in [4.69, 9.17) is 9.47 Å². The van der Waals surface area contributed by atoms with Crippen molar-refractivity contribution in [2.45, 2.75) is 18.0 Å². The van der Waals surface area contributed by atoms with Crippen molar-refractivity contribution in [3.8, 4) is 11.5 Å². The van der Waals surface area contributed by atoms with Crippen LogP contribution >= 0.6 is 15.9 Å². The summed E-state index contributed by atoms with van der Waals surface area (Å²) in [5, 5.41) is 0. The van der Waals surface area contributed by atoms with Gasteiger partial charge in [-0.2, -0.15) is 13.2 Å². The number of ether oxygens (including phenoxy) is 2. The molecule has 0 aliphatic carbocycles. The topological polar surface area (TPSA) is 30.8 Å². The minimum Gasteiger partial charge on any atom is -0.454 e. The van der Waals surface area contributed by atoms with E-state index in [0.717, 1.165) is 10.7 Å². The van der Waals surface area contributed by atoms with E-state index in [0.29, 0.717) is 22.7 Å². The molecule has 0 bridgehead atoms. The van der Waals surface area contributed by atoms with E-state index in [2.05, 4.69) is 20.9 Å². The Morgan fingerprint density at radius 1 is 1.04 bits per heavy atom. The summed E-state index contributed by atoms with van der Waals surface area (Å²) in [6.45, 7) is 0.0155. The van der Waals surface area contributed by atoms with Crippen LogP contribution in [0.15, 0.2) is 45.9 Å². The molecule has 0 radical (unpaired) electrons. The van der Waals surface area contributed by atoms with Crippen LogP contribution in [-0.2, 0) is 11.8 Å². The number of hydrogen-bond acceptors (Lipinski definition) is 3. The van der Waals surface area contributed by atoms with Gasteiger partial charge >= 0.3 is 6.18 Å². The van der Waals surface area contributed by atoms with Gasteiger partial charge in [-0.1, -0.05) is 22.0 Å². The first-order valence-corrected chi connectivity index (χ1v) is 7.99. The molecule has 7 heteroatoms. The number of hydrogen-bond donors (Lipinski definition) is 0. The number of fused-ring (bicyclic) bond motifs is 2. The summed E-state index contributed by atoms with van der Waals surface area (Å²) < 4.78 is 53.3. The Morgan fingerprint density at radius 2 is 1.83 bits per heavy atom. The van der Waals surface area contributed by atoms with Gasteiger partial charge in [-0.3, -0.25) is 4.99 Å². The first-order chi connectivity index (χ1) is 11.4. The third-order valence-electron chi connectivity index (χ3n) is 4.33. The van der Waals surface area contributed by atoms with Crippen LogP contribution in [0.4, 0.5) is 18.9 Å². The molecule has 2 heterocycles. The van der Waals surface area contributed by atoms with Gasteiger partial charge in [-0.05, 0) is 47.9 Å². The third-order valence-corrected chi connectivity index (χ3v) is 4.82. The molecule has 24 heavy (non-hydrogen) atoms. The summed E-state index contributed by atoms with van der Waals surface area (Å²) in [4.78, 5) is 4.09. The van der Waals surface area contributed by atoms with E-state index in [-0.39, 0.29) is 18.8 Å². The fourth-order valence-electron chi connectivity index (χ4n) is 3.04. The minimum atomic E-state index is -4.50. The van der Waals surface area contributed by atoms with Gasteiger partial charge in [0.15, 0.2) is 11.5 Å². The smallest absolute Gasteiger partial charge is 0.403 e. The highest BCUT2D eigenvalue weighted by atomic mass is 79.9. The standard InChI is InChI=1S/C17H11BrF3NO2/c18-12-2-3-13-10(5-12)7-16(8-22-13,17(19,20)21)11-1-4-14-15(6-11)24-9-23-14/h1-6,8H,7,9H2/t16-/m0/s1. The monoisotopic (exact) mass is 397 g/mol. The van der Waals surface area contributed by atoms with Gasteiger partial charge in [0.2, 0.25) is 6.79 Å². The van der Waals surface area contributed by atoms with Crippen LogP contribution in [0.25, 0.3) is 0 Å². The summed E-state index contributed by atoms with van der Waals surface area (Å²) in [5.41, 5.74) is -1.00. The van der Waals surface area contributed by atoms with E-state index in [1.165, 1.54) is 18.2 Å². The molecule has 1 atom stereocenters. The summed E-state index contributed by atoms with van der Waals surface area (Å²) >= 11 is 3.31. The molecular weight excluding hydrogens is 387 g/mol. The zero-order valence-corrected chi connectivity index (χ0v) is 13.8. The molecule has 0 aromatic heterocycles. The number of benzene rings is 2. The van der Waals surface area contributed by atoms with Gasteiger partial charge in [0.1, 0.15) is 5.41 Å². The Hall–Kier alpha value is -2.02. The summed E-state index contributed by atoms with van der Waals surface area (Å²) in [5.74, 6) is 0.775. The highest BCUT2D eigenvalue weighted by Crippen LogP contribution is 2.48. The van der Waals surface area contributed by atoms with Crippen LogP contribution < -0.4 is 9.47 Å². The second kappa shape index (κ2) is 5.24. The molecule has 0 saturated carbocycles. The molecule has 2 aliphatic rings. The van der Waals surface area contributed by atoms with E-state index in [1.807, 2.05) is 0 Å². The Labute approximate surface area is 144 Å². The van der Waals surface area contributed by atoms with Crippen LogP contribution in [0.2, 0.25) is 0 Å². The number of alkyl halides is 3. The van der Waals surface area contributed by atoms with Crippen LogP contribution in [-0.4, -0.2) is 19.2 Å². The van der Waals surface area contributed by atoms with Crippen LogP contribution in [0, 0.1) is 0 Å². The molecule has 4 rings (SSSR count). The molecule has 2 aromatic rings. The first kappa shape index (κ1) is 15.5. The normalized spacial score (nSPS) is 21.7. The molecule has 0 fully saturated rings. The Morgan fingerprint density at radius 3 is 2.62 bits per heavy atom. The molecule has 0 N–H and O–H groups in total. The van der Waals surface area contributed by atoms with Crippen molar-refractivity contribution in [2.75, 3.05) is 6.79 Å². The number of halogens is 4. The van der Waals surface area contributed by atoms with Crippen LogP contribution in [0.5, 0.6) is 11.5 Å². The third kappa shape index (κ3) is 2.30. The van der Waals surface area contributed by atoms with E-state index >= 15 is 0 Å². The maximum absolute atomic E-state index is 14.1. The van der Waals surface area contributed by atoms with E-state index in [1.54, 1.807) is 18.2 Å². The first-order valence-electron chi connectivity index (χ1n) is 7.20. The lowest BCUT2D eigenvalue weighted by atomic mass is 9.74. The van der Waals surface area contributed by atoms with Crippen molar-refractivity contribution in [3.05, 3.63) is 52.0 Å². The van der Waals surface area contributed by atoms with Gasteiger partial charge in [-0.25, -0.2) is 0 Å². The molecule has 2 aromatic carbocycles. The Bertz CT molecular complexity index is 850. The number of rotatable bonds is 1. The van der Waals surface area contributed by atoms with Crippen LogP contribution in [0.3, 0.4) is 0 Å². The van der Waals surface area contributed by atoms with Crippen molar-refractivity contribution in [1.82, 2.24) is 0 Å². The van der Waals surface area contributed by atoms with E-state index < -0.39 is 11.6 Å². The average Bonchev–Trinajstić information content (AvgIpc) is 3.00. The molecule has 3 nitrogen and oxygen atoms in total. The van der Waals surface area contributed by atoms with Gasteiger partial charge in [0.05, 0.1) is 5.69 Å². The molecular formula is C17H11BrF3NO2. The Kier molecular flexibility index (Phi) is 3.38. The number of nitrogens with zero attached hydrogens (tertiary/aromatic N) is 1. The molecule has 0 amide bonds. The fraction of sp³-hybridized carbons (Fsp3) is 0.235. The average molecular weight is 398 g/mol. The predicted molar refractivity (Wildman–Crippen MR) is 86.3 cm³/mol. The van der Waals surface area contributed by atoms with Gasteiger partial charge in [0.25, 0.3) is 0 Å². The quantitative estimate of drug-likeness (QED) is 0.682. The van der Waals surface area contributed by atoms with Gasteiger partial charge in [0, 0.05) is 10.7 Å².